The van der Waals surface area contributed by atoms with Crippen LogP contribution in [0.2, 0.25) is 5.02 Å². The van der Waals surface area contributed by atoms with Gasteiger partial charge in [0.05, 0.1) is 20.1 Å². The number of hydrogen-bond acceptors (Lipinski definition) is 3. The summed E-state index contributed by atoms with van der Waals surface area (Å²) in [7, 11) is 3.16. The second-order valence-corrected chi connectivity index (χ2v) is 6.72. The fourth-order valence-electron chi connectivity index (χ4n) is 2.83. The molecule has 0 aliphatic carbocycles. The molecule has 2 aromatic carbocycles. The van der Waals surface area contributed by atoms with Crippen LogP contribution < -0.4 is 14.8 Å². The van der Waals surface area contributed by atoms with Gasteiger partial charge in [-0.3, -0.25) is 4.79 Å². The Kier molecular flexibility index (Phi) is 6.32. The third-order valence-corrected chi connectivity index (χ3v) is 4.42. The summed E-state index contributed by atoms with van der Waals surface area (Å²) in [5.41, 5.74) is 2.56. The minimum Gasteiger partial charge on any atom is -0.493 e. The van der Waals surface area contributed by atoms with E-state index < -0.39 is 0 Å². The van der Waals surface area contributed by atoms with E-state index in [-0.39, 0.29) is 17.7 Å². The number of halogens is 1. The molecule has 0 aliphatic rings. The summed E-state index contributed by atoms with van der Waals surface area (Å²) in [5, 5.41) is 3.68. The van der Waals surface area contributed by atoms with E-state index in [1.54, 1.807) is 32.4 Å². The first kappa shape index (κ1) is 19.1. The van der Waals surface area contributed by atoms with Crippen molar-refractivity contribution in [3.8, 4) is 11.5 Å². The molecule has 0 radical (unpaired) electrons. The topological polar surface area (TPSA) is 47.6 Å². The average molecular weight is 362 g/mol. The predicted molar refractivity (Wildman–Crippen MR) is 102 cm³/mol. The molecule has 2 aromatic rings. The molecule has 0 fully saturated rings. The lowest BCUT2D eigenvalue weighted by atomic mass is 9.87. The highest BCUT2D eigenvalue weighted by molar-refractivity contribution is 6.30. The number of anilines is 1. The molecular formula is C20H24ClNO3. The second kappa shape index (κ2) is 8.26. The van der Waals surface area contributed by atoms with Crippen molar-refractivity contribution < 1.29 is 14.3 Å². The van der Waals surface area contributed by atoms with Gasteiger partial charge >= 0.3 is 0 Å². The van der Waals surface area contributed by atoms with E-state index in [0.29, 0.717) is 22.2 Å². The van der Waals surface area contributed by atoms with E-state index >= 15 is 0 Å². The molecule has 0 saturated heterocycles. The third kappa shape index (κ3) is 4.45. The minimum atomic E-state index is -0.273. The number of methoxy groups -OCH3 is 2. The van der Waals surface area contributed by atoms with Gasteiger partial charge in [-0.05, 0) is 42.2 Å². The van der Waals surface area contributed by atoms with Gasteiger partial charge in [0.1, 0.15) is 0 Å². The van der Waals surface area contributed by atoms with Gasteiger partial charge in [-0.2, -0.15) is 0 Å². The van der Waals surface area contributed by atoms with Crippen LogP contribution in [0.25, 0.3) is 0 Å². The van der Waals surface area contributed by atoms with Crippen LogP contribution in [0, 0.1) is 12.8 Å². The van der Waals surface area contributed by atoms with Crippen LogP contribution in [-0.4, -0.2) is 20.1 Å². The van der Waals surface area contributed by atoms with Crippen LogP contribution in [-0.2, 0) is 4.79 Å². The lowest BCUT2D eigenvalue weighted by Gasteiger charge is -2.22. The summed E-state index contributed by atoms with van der Waals surface area (Å²) in [4.78, 5) is 12.9. The molecule has 0 spiro atoms. The molecule has 0 bridgehead atoms. The first-order valence-electron chi connectivity index (χ1n) is 8.16. The van der Waals surface area contributed by atoms with Crippen molar-refractivity contribution >= 4 is 23.2 Å². The maximum atomic E-state index is 12.9. The number of rotatable bonds is 6. The Hall–Kier alpha value is -2.20. The number of hydrogen-bond donors (Lipinski definition) is 1. The maximum absolute atomic E-state index is 12.9. The molecule has 0 heterocycles. The van der Waals surface area contributed by atoms with Gasteiger partial charge in [-0.1, -0.05) is 37.6 Å². The smallest absolute Gasteiger partial charge is 0.232 e. The normalized spacial score (nSPS) is 12.0. The Bertz CT molecular complexity index is 741. The number of aryl methyl sites for hydroxylation is 1. The maximum Gasteiger partial charge on any atom is 0.232 e. The molecule has 1 atom stereocenters. The molecule has 25 heavy (non-hydrogen) atoms. The van der Waals surface area contributed by atoms with Crippen LogP contribution in [0.4, 0.5) is 5.69 Å². The van der Waals surface area contributed by atoms with Gasteiger partial charge < -0.3 is 14.8 Å². The number of benzene rings is 2. The average Bonchev–Trinajstić information content (AvgIpc) is 2.57. The summed E-state index contributed by atoms with van der Waals surface area (Å²) in [6, 6.07) is 11.0. The summed E-state index contributed by atoms with van der Waals surface area (Å²) in [6.45, 7) is 5.98. The Morgan fingerprint density at radius 1 is 1.04 bits per heavy atom. The van der Waals surface area contributed by atoms with E-state index in [0.717, 1.165) is 11.1 Å². The Labute approximate surface area is 154 Å². The number of ether oxygens (including phenoxy) is 2. The molecule has 2 rings (SSSR count). The van der Waals surface area contributed by atoms with Crippen molar-refractivity contribution in [2.45, 2.75) is 26.7 Å². The number of amides is 1. The van der Waals surface area contributed by atoms with Crippen molar-refractivity contribution in [1.82, 2.24) is 0 Å². The molecule has 1 amide bonds. The largest absolute Gasteiger partial charge is 0.493 e. The molecule has 134 valence electrons. The fourth-order valence-corrected chi connectivity index (χ4v) is 2.96. The molecule has 1 N–H and O–H groups in total. The van der Waals surface area contributed by atoms with Crippen molar-refractivity contribution in [1.29, 1.82) is 0 Å². The van der Waals surface area contributed by atoms with Gasteiger partial charge in [0.15, 0.2) is 11.5 Å². The molecule has 0 aromatic heterocycles. The molecule has 0 saturated carbocycles. The number of nitrogens with one attached hydrogen (secondary N) is 1. The van der Waals surface area contributed by atoms with E-state index in [1.807, 2.05) is 39.0 Å². The highest BCUT2D eigenvalue weighted by atomic mass is 35.5. The quantitative estimate of drug-likeness (QED) is 0.783. The fraction of sp³-hybridized carbons (Fsp3) is 0.350. The molecule has 1 unspecified atom stereocenters. The Balaban J connectivity index is 2.31. The SMILES string of the molecule is COc1cc(C)c(NC(=O)C(c2ccc(Cl)cc2)C(C)C)cc1OC. The van der Waals surface area contributed by atoms with E-state index in [9.17, 15) is 4.79 Å². The predicted octanol–water partition coefficient (Wildman–Crippen LogP) is 5.04. The summed E-state index contributed by atoms with van der Waals surface area (Å²) >= 11 is 5.96. The van der Waals surface area contributed by atoms with Gasteiger partial charge in [0.2, 0.25) is 5.91 Å². The van der Waals surface area contributed by atoms with Gasteiger partial charge in [0, 0.05) is 16.8 Å². The van der Waals surface area contributed by atoms with Crippen LogP contribution >= 0.6 is 11.6 Å². The van der Waals surface area contributed by atoms with E-state index in [2.05, 4.69) is 5.32 Å². The van der Waals surface area contributed by atoms with E-state index in [1.165, 1.54) is 0 Å². The van der Waals surface area contributed by atoms with Crippen LogP contribution in [0.5, 0.6) is 11.5 Å². The van der Waals surface area contributed by atoms with Crippen LogP contribution in [0.15, 0.2) is 36.4 Å². The van der Waals surface area contributed by atoms with Gasteiger partial charge in [0.25, 0.3) is 0 Å². The zero-order valence-electron chi connectivity index (χ0n) is 15.2. The first-order valence-corrected chi connectivity index (χ1v) is 8.54. The third-order valence-electron chi connectivity index (χ3n) is 4.17. The Morgan fingerprint density at radius 2 is 1.60 bits per heavy atom. The van der Waals surface area contributed by atoms with Gasteiger partial charge in [-0.25, -0.2) is 0 Å². The standard InChI is InChI=1S/C20H24ClNO3/c1-12(2)19(14-6-8-15(21)9-7-14)20(23)22-16-11-18(25-5)17(24-4)10-13(16)3/h6-12,19H,1-5H3,(H,22,23). The zero-order valence-corrected chi connectivity index (χ0v) is 16.0. The highest BCUT2D eigenvalue weighted by Crippen LogP contribution is 2.34. The molecule has 5 heteroatoms. The molecular weight excluding hydrogens is 338 g/mol. The van der Waals surface area contributed by atoms with Crippen molar-refractivity contribution in [2.75, 3.05) is 19.5 Å². The summed E-state index contributed by atoms with van der Waals surface area (Å²) in [5.74, 6) is 1.02. The van der Waals surface area contributed by atoms with Crippen LogP contribution in [0.1, 0.15) is 30.9 Å². The van der Waals surface area contributed by atoms with E-state index in [4.69, 9.17) is 21.1 Å². The molecule has 4 nitrogen and oxygen atoms in total. The number of carbonyl (C=O) groups is 1. The first-order chi connectivity index (χ1) is 11.9. The van der Waals surface area contributed by atoms with Crippen molar-refractivity contribution in [3.63, 3.8) is 0 Å². The van der Waals surface area contributed by atoms with Crippen molar-refractivity contribution in [3.05, 3.63) is 52.5 Å². The minimum absolute atomic E-state index is 0.0624. The zero-order chi connectivity index (χ0) is 18.6. The number of carbonyl (C=O) groups excluding carboxylic acids is 1. The Morgan fingerprint density at radius 3 is 2.12 bits per heavy atom. The van der Waals surface area contributed by atoms with Crippen LogP contribution in [0.3, 0.4) is 0 Å². The monoisotopic (exact) mass is 361 g/mol. The van der Waals surface area contributed by atoms with Gasteiger partial charge in [-0.15, -0.1) is 0 Å². The lowest BCUT2D eigenvalue weighted by Crippen LogP contribution is -2.25. The lowest BCUT2D eigenvalue weighted by molar-refractivity contribution is -0.118. The molecule has 0 aliphatic heterocycles. The second-order valence-electron chi connectivity index (χ2n) is 6.28. The summed E-state index contributed by atoms with van der Waals surface area (Å²) in [6.07, 6.45) is 0. The summed E-state index contributed by atoms with van der Waals surface area (Å²) < 4.78 is 10.6. The van der Waals surface area contributed by atoms with Crippen molar-refractivity contribution in [2.24, 2.45) is 5.92 Å². The highest BCUT2D eigenvalue weighted by Gasteiger charge is 2.25.